The van der Waals surface area contributed by atoms with Crippen LogP contribution in [-0.4, -0.2) is 13.0 Å². The number of rotatable bonds is 3. The second-order valence-corrected chi connectivity index (χ2v) is 6.39. The van der Waals surface area contributed by atoms with Crippen LogP contribution in [0, 0.1) is 0 Å². The number of nitrogens with two attached hydrogens (primary N) is 6. The number of hydrogen-bond donors (Lipinski definition) is 7. The van der Waals surface area contributed by atoms with Crippen molar-refractivity contribution in [3.8, 4) is 0 Å². The lowest BCUT2D eigenvalue weighted by Crippen LogP contribution is -2.18. The van der Waals surface area contributed by atoms with E-state index in [2.05, 4.69) is 0 Å². The molecule has 0 amide bonds. The van der Waals surface area contributed by atoms with Crippen molar-refractivity contribution in [1.82, 2.24) is 0 Å². The van der Waals surface area contributed by atoms with Gasteiger partial charge < -0.3 is 34.4 Å². The van der Waals surface area contributed by atoms with Crippen LogP contribution in [0.5, 0.6) is 0 Å². The van der Waals surface area contributed by atoms with Crippen LogP contribution in [-0.2, 0) is 10.1 Å². The molecular formula is C14H18N6O3S. The van der Waals surface area contributed by atoms with Gasteiger partial charge in [0, 0.05) is 5.56 Å². The zero-order valence-corrected chi connectivity index (χ0v) is 13.3. The Morgan fingerprint density at radius 2 is 1.29 bits per heavy atom. The molecule has 0 spiro atoms. The van der Waals surface area contributed by atoms with Crippen molar-refractivity contribution in [2.24, 2.45) is 11.5 Å². The molecular weight excluding hydrogens is 332 g/mol. The van der Waals surface area contributed by atoms with Gasteiger partial charge >= 0.3 is 0 Å². The van der Waals surface area contributed by atoms with E-state index in [-0.39, 0.29) is 34.0 Å². The standard InChI is InChI=1S/C14H18N6O3S/c15-8(6-4-2-1-3-5-6)9(16)7-10(17)11(18)12(19)13(20)14(7)24(21,22)23/h1-5H,15-20H2,(H,21,22,23). The molecule has 0 aliphatic rings. The predicted octanol–water partition coefficient (Wildman–Crippen LogP) is 0.00530. The molecule has 10 heteroatoms. The highest BCUT2D eigenvalue weighted by Crippen LogP contribution is 2.42. The summed E-state index contributed by atoms with van der Waals surface area (Å²) in [6.45, 7) is 0. The Balaban J connectivity index is 2.94. The molecule has 0 unspecified atom stereocenters. The summed E-state index contributed by atoms with van der Waals surface area (Å²) in [6.07, 6.45) is 0. The summed E-state index contributed by atoms with van der Waals surface area (Å²) in [5.41, 5.74) is 33.9. The molecule has 0 saturated heterocycles. The van der Waals surface area contributed by atoms with E-state index in [1.807, 2.05) is 0 Å². The first-order chi connectivity index (χ1) is 11.1. The molecule has 9 nitrogen and oxygen atoms in total. The minimum absolute atomic E-state index is 0.0378. The normalized spacial score (nSPS) is 12.7. The van der Waals surface area contributed by atoms with E-state index in [1.54, 1.807) is 30.3 Å². The summed E-state index contributed by atoms with van der Waals surface area (Å²) in [6, 6.07) is 8.53. The third kappa shape index (κ3) is 2.75. The van der Waals surface area contributed by atoms with E-state index in [0.29, 0.717) is 5.56 Å². The van der Waals surface area contributed by atoms with Gasteiger partial charge in [-0.3, -0.25) is 4.55 Å². The Bertz CT molecular complexity index is 939. The van der Waals surface area contributed by atoms with Crippen LogP contribution in [0.25, 0.3) is 11.4 Å². The Kier molecular flexibility index (Phi) is 4.19. The molecule has 2 aromatic rings. The van der Waals surface area contributed by atoms with E-state index in [4.69, 9.17) is 34.4 Å². The maximum Gasteiger partial charge on any atom is 0.297 e. The van der Waals surface area contributed by atoms with Crippen molar-refractivity contribution >= 4 is 44.3 Å². The molecule has 0 radical (unpaired) electrons. The van der Waals surface area contributed by atoms with Gasteiger partial charge in [0.2, 0.25) is 0 Å². The number of benzene rings is 2. The van der Waals surface area contributed by atoms with Crippen LogP contribution in [0.15, 0.2) is 35.2 Å². The van der Waals surface area contributed by atoms with Crippen molar-refractivity contribution in [3.63, 3.8) is 0 Å². The number of hydrogen-bond acceptors (Lipinski definition) is 8. The van der Waals surface area contributed by atoms with E-state index >= 15 is 0 Å². The van der Waals surface area contributed by atoms with Crippen LogP contribution in [0.4, 0.5) is 22.7 Å². The van der Waals surface area contributed by atoms with Gasteiger partial charge in [-0.25, -0.2) is 0 Å². The van der Waals surface area contributed by atoms with Crippen molar-refractivity contribution in [3.05, 3.63) is 41.5 Å². The largest absolute Gasteiger partial charge is 0.397 e. The summed E-state index contributed by atoms with van der Waals surface area (Å²) in [5.74, 6) is 0. The summed E-state index contributed by atoms with van der Waals surface area (Å²) in [4.78, 5) is -0.733. The molecule has 0 aliphatic carbocycles. The Hall–Kier alpha value is -3.11. The fourth-order valence-corrected chi connectivity index (χ4v) is 3.11. The molecule has 0 aliphatic heterocycles. The maximum absolute atomic E-state index is 11.8. The summed E-state index contributed by atoms with van der Waals surface area (Å²) in [7, 11) is -4.80. The van der Waals surface area contributed by atoms with E-state index in [0.717, 1.165) is 0 Å². The lowest BCUT2D eigenvalue weighted by atomic mass is 10.0. The highest BCUT2D eigenvalue weighted by Gasteiger charge is 2.28. The molecule has 0 heterocycles. The Labute approximate surface area is 138 Å². The predicted molar refractivity (Wildman–Crippen MR) is 95.5 cm³/mol. The van der Waals surface area contributed by atoms with Crippen LogP contribution in [0.2, 0.25) is 0 Å². The first kappa shape index (κ1) is 17.2. The van der Waals surface area contributed by atoms with Gasteiger partial charge in [-0.1, -0.05) is 30.3 Å². The Morgan fingerprint density at radius 3 is 1.79 bits per heavy atom. The molecule has 0 saturated carbocycles. The monoisotopic (exact) mass is 350 g/mol. The third-order valence-electron chi connectivity index (χ3n) is 3.51. The molecule has 0 atom stereocenters. The van der Waals surface area contributed by atoms with Crippen molar-refractivity contribution in [2.75, 3.05) is 22.9 Å². The quantitative estimate of drug-likeness (QED) is 0.225. The molecule has 0 fully saturated rings. The molecule has 2 aromatic carbocycles. The highest BCUT2D eigenvalue weighted by molar-refractivity contribution is 7.86. The van der Waals surface area contributed by atoms with Crippen molar-refractivity contribution < 1.29 is 13.0 Å². The van der Waals surface area contributed by atoms with Gasteiger partial charge in [0.25, 0.3) is 10.1 Å². The fourth-order valence-electron chi connectivity index (χ4n) is 2.25. The van der Waals surface area contributed by atoms with E-state index in [9.17, 15) is 13.0 Å². The second kappa shape index (κ2) is 5.83. The molecule has 13 N–H and O–H groups in total. The van der Waals surface area contributed by atoms with Gasteiger partial charge in [-0.05, 0) is 5.56 Å². The molecule has 0 bridgehead atoms. The molecule has 2 rings (SSSR count). The van der Waals surface area contributed by atoms with Crippen LogP contribution >= 0.6 is 0 Å². The van der Waals surface area contributed by atoms with Crippen LogP contribution in [0.1, 0.15) is 11.1 Å². The SMILES string of the molecule is NC(=C(N)c1c(N)c(N)c(N)c(N)c1S(=O)(=O)O)c1ccccc1. The number of nitrogen functional groups attached to an aromatic ring is 4. The van der Waals surface area contributed by atoms with Gasteiger partial charge in [0.15, 0.2) is 0 Å². The minimum Gasteiger partial charge on any atom is -0.397 e. The van der Waals surface area contributed by atoms with Gasteiger partial charge in [0.05, 0.1) is 34.1 Å². The van der Waals surface area contributed by atoms with E-state index < -0.39 is 20.7 Å². The van der Waals surface area contributed by atoms with Gasteiger partial charge in [-0.2, -0.15) is 8.42 Å². The van der Waals surface area contributed by atoms with E-state index in [1.165, 1.54) is 0 Å². The topological polar surface area (TPSA) is 210 Å². The summed E-state index contributed by atoms with van der Waals surface area (Å²) in [5, 5.41) is 0. The zero-order chi connectivity index (χ0) is 18.2. The average Bonchev–Trinajstić information content (AvgIpc) is 2.54. The molecule has 24 heavy (non-hydrogen) atoms. The highest BCUT2D eigenvalue weighted by atomic mass is 32.2. The fraction of sp³-hybridized carbons (Fsp3) is 0. The van der Waals surface area contributed by atoms with Crippen molar-refractivity contribution in [1.29, 1.82) is 0 Å². The summed E-state index contributed by atoms with van der Waals surface area (Å²) < 4.78 is 33.0. The lowest BCUT2D eigenvalue weighted by Gasteiger charge is -2.19. The first-order valence-corrected chi connectivity index (χ1v) is 8.05. The van der Waals surface area contributed by atoms with Gasteiger partial charge in [0.1, 0.15) is 4.90 Å². The average molecular weight is 350 g/mol. The van der Waals surface area contributed by atoms with Crippen LogP contribution < -0.4 is 34.4 Å². The third-order valence-corrected chi connectivity index (χ3v) is 4.45. The second-order valence-electron chi connectivity index (χ2n) is 5.03. The summed E-state index contributed by atoms with van der Waals surface area (Å²) >= 11 is 0. The Morgan fingerprint density at radius 1 is 0.792 bits per heavy atom. The molecule has 0 aromatic heterocycles. The zero-order valence-electron chi connectivity index (χ0n) is 12.5. The number of anilines is 4. The maximum atomic E-state index is 11.8. The lowest BCUT2D eigenvalue weighted by molar-refractivity contribution is 0.483. The van der Waals surface area contributed by atoms with Gasteiger partial charge in [-0.15, -0.1) is 0 Å². The minimum atomic E-state index is -4.80. The smallest absolute Gasteiger partial charge is 0.297 e. The van der Waals surface area contributed by atoms with Crippen molar-refractivity contribution in [2.45, 2.75) is 4.90 Å². The molecule has 128 valence electrons. The van der Waals surface area contributed by atoms with Crippen LogP contribution in [0.3, 0.4) is 0 Å². The first-order valence-electron chi connectivity index (χ1n) is 6.61.